The first-order valence-electron chi connectivity index (χ1n) is 9.25. The molecule has 29 heavy (non-hydrogen) atoms. The standard InChI is InChI=1S/C24H20N2O2S/c1-16-3-9-19(10-4-16)25-24-26(20-11-5-17(2)6-12-20)23(28)22(29-24)15-18-7-13-21(27)14-8-18/h3-15,27H,1-2H3/b22-15-,25-24?. The van der Waals surface area contributed by atoms with Gasteiger partial charge in [0.2, 0.25) is 0 Å². The topological polar surface area (TPSA) is 52.9 Å². The zero-order chi connectivity index (χ0) is 20.4. The number of aromatic hydroxyl groups is 1. The quantitative estimate of drug-likeness (QED) is 0.564. The molecule has 0 atom stereocenters. The Bertz CT molecular complexity index is 1100. The van der Waals surface area contributed by atoms with Crippen molar-refractivity contribution in [2.45, 2.75) is 13.8 Å². The summed E-state index contributed by atoms with van der Waals surface area (Å²) < 4.78 is 0. The number of phenolic OH excluding ortho intramolecular Hbond substituents is 1. The first-order valence-corrected chi connectivity index (χ1v) is 10.1. The summed E-state index contributed by atoms with van der Waals surface area (Å²) in [6.45, 7) is 4.05. The van der Waals surface area contributed by atoms with Gasteiger partial charge in [-0.1, -0.05) is 47.5 Å². The predicted octanol–water partition coefficient (Wildman–Crippen LogP) is 5.82. The van der Waals surface area contributed by atoms with Gasteiger partial charge >= 0.3 is 0 Å². The highest BCUT2D eigenvalue weighted by Crippen LogP contribution is 2.37. The maximum atomic E-state index is 13.2. The van der Waals surface area contributed by atoms with Gasteiger partial charge in [-0.3, -0.25) is 9.69 Å². The summed E-state index contributed by atoms with van der Waals surface area (Å²) in [6.07, 6.45) is 1.82. The zero-order valence-electron chi connectivity index (χ0n) is 16.2. The van der Waals surface area contributed by atoms with Crippen LogP contribution < -0.4 is 4.90 Å². The molecule has 0 bridgehead atoms. The molecule has 1 aliphatic heterocycles. The van der Waals surface area contributed by atoms with Crippen LogP contribution in [0.25, 0.3) is 6.08 Å². The number of amides is 1. The van der Waals surface area contributed by atoms with Crippen LogP contribution in [0.1, 0.15) is 16.7 Å². The van der Waals surface area contributed by atoms with Crippen molar-refractivity contribution in [2.75, 3.05) is 4.90 Å². The van der Waals surface area contributed by atoms with Gasteiger partial charge in [0.1, 0.15) is 5.75 Å². The molecule has 0 saturated carbocycles. The van der Waals surface area contributed by atoms with Crippen LogP contribution in [0, 0.1) is 13.8 Å². The molecule has 144 valence electrons. The number of nitrogens with zero attached hydrogens (tertiary/aromatic N) is 2. The largest absolute Gasteiger partial charge is 0.508 e. The fourth-order valence-corrected chi connectivity index (χ4v) is 3.92. The van der Waals surface area contributed by atoms with Gasteiger partial charge < -0.3 is 5.11 Å². The van der Waals surface area contributed by atoms with E-state index >= 15 is 0 Å². The Morgan fingerprint density at radius 3 is 2.07 bits per heavy atom. The van der Waals surface area contributed by atoms with E-state index in [0.29, 0.717) is 10.1 Å². The predicted molar refractivity (Wildman–Crippen MR) is 121 cm³/mol. The van der Waals surface area contributed by atoms with Crippen LogP contribution in [0.15, 0.2) is 82.7 Å². The van der Waals surface area contributed by atoms with Gasteiger partial charge in [0.15, 0.2) is 5.17 Å². The average Bonchev–Trinajstić information content (AvgIpc) is 3.01. The normalized spacial score (nSPS) is 16.8. The molecule has 1 aliphatic rings. The molecule has 1 amide bonds. The van der Waals surface area contributed by atoms with E-state index in [1.54, 1.807) is 29.2 Å². The van der Waals surface area contributed by atoms with Crippen LogP contribution in [-0.4, -0.2) is 16.2 Å². The van der Waals surface area contributed by atoms with Gasteiger partial charge in [0, 0.05) is 0 Å². The van der Waals surface area contributed by atoms with Crippen molar-refractivity contribution in [1.29, 1.82) is 0 Å². The van der Waals surface area contributed by atoms with Gasteiger partial charge in [-0.2, -0.15) is 0 Å². The van der Waals surface area contributed by atoms with Crippen molar-refractivity contribution >= 4 is 40.3 Å². The molecule has 1 heterocycles. The fraction of sp³-hybridized carbons (Fsp3) is 0.0833. The Morgan fingerprint density at radius 2 is 1.45 bits per heavy atom. The minimum Gasteiger partial charge on any atom is -0.508 e. The molecule has 1 saturated heterocycles. The molecule has 4 rings (SSSR count). The number of hydrogen-bond acceptors (Lipinski definition) is 4. The number of thioether (sulfide) groups is 1. The van der Waals surface area contributed by atoms with Gasteiger partial charge in [-0.25, -0.2) is 4.99 Å². The minimum atomic E-state index is -0.113. The number of carbonyl (C=O) groups excluding carboxylic acids is 1. The maximum absolute atomic E-state index is 13.2. The Balaban J connectivity index is 1.76. The molecular formula is C24H20N2O2S. The molecule has 4 nitrogen and oxygen atoms in total. The lowest BCUT2D eigenvalue weighted by Gasteiger charge is -2.16. The first kappa shape index (κ1) is 19.0. The number of anilines is 1. The Morgan fingerprint density at radius 1 is 0.862 bits per heavy atom. The van der Waals surface area contributed by atoms with E-state index in [1.165, 1.54) is 11.8 Å². The van der Waals surface area contributed by atoms with Crippen molar-refractivity contribution in [3.8, 4) is 5.75 Å². The highest BCUT2D eigenvalue weighted by Gasteiger charge is 2.34. The second-order valence-electron chi connectivity index (χ2n) is 6.91. The number of amidine groups is 1. The average molecular weight is 401 g/mol. The third-order valence-electron chi connectivity index (χ3n) is 4.55. The number of rotatable bonds is 3. The molecule has 5 heteroatoms. The lowest BCUT2D eigenvalue weighted by molar-refractivity contribution is -0.113. The van der Waals surface area contributed by atoms with Crippen LogP contribution in [-0.2, 0) is 4.79 Å². The molecule has 3 aromatic rings. The number of aryl methyl sites for hydroxylation is 2. The van der Waals surface area contributed by atoms with Crippen molar-refractivity contribution in [3.05, 3.63) is 94.4 Å². The van der Waals surface area contributed by atoms with Gasteiger partial charge in [0.25, 0.3) is 5.91 Å². The van der Waals surface area contributed by atoms with Crippen molar-refractivity contribution < 1.29 is 9.90 Å². The summed E-state index contributed by atoms with van der Waals surface area (Å²) in [7, 11) is 0. The lowest BCUT2D eigenvalue weighted by Crippen LogP contribution is -2.28. The molecule has 3 aromatic carbocycles. The summed E-state index contributed by atoms with van der Waals surface area (Å²) in [5.74, 6) is 0.0817. The van der Waals surface area contributed by atoms with Gasteiger partial charge in [0.05, 0.1) is 16.3 Å². The van der Waals surface area contributed by atoms with E-state index in [2.05, 4.69) is 0 Å². The van der Waals surface area contributed by atoms with E-state index in [4.69, 9.17) is 4.99 Å². The van der Waals surface area contributed by atoms with Crippen LogP contribution in [0.2, 0.25) is 0 Å². The summed E-state index contributed by atoms with van der Waals surface area (Å²) in [4.78, 5) is 20.2. The number of hydrogen-bond donors (Lipinski definition) is 1. The van der Waals surface area contributed by atoms with E-state index in [-0.39, 0.29) is 11.7 Å². The van der Waals surface area contributed by atoms with E-state index < -0.39 is 0 Å². The second kappa shape index (κ2) is 7.97. The number of carbonyl (C=O) groups is 1. The summed E-state index contributed by atoms with van der Waals surface area (Å²) in [5, 5.41) is 10.1. The van der Waals surface area contributed by atoms with E-state index in [1.807, 2.05) is 68.5 Å². The molecule has 1 N–H and O–H groups in total. The van der Waals surface area contributed by atoms with E-state index in [9.17, 15) is 9.90 Å². The van der Waals surface area contributed by atoms with Crippen molar-refractivity contribution in [1.82, 2.24) is 0 Å². The van der Waals surface area contributed by atoms with Crippen LogP contribution in [0.4, 0.5) is 11.4 Å². The molecule has 0 aliphatic carbocycles. The lowest BCUT2D eigenvalue weighted by atomic mass is 10.2. The van der Waals surface area contributed by atoms with Crippen LogP contribution in [0.5, 0.6) is 5.75 Å². The Labute approximate surface area is 174 Å². The highest BCUT2D eigenvalue weighted by molar-refractivity contribution is 8.19. The zero-order valence-corrected chi connectivity index (χ0v) is 17.0. The Hall–Kier alpha value is -3.31. The van der Waals surface area contributed by atoms with Crippen LogP contribution >= 0.6 is 11.8 Å². The molecule has 1 fully saturated rings. The third kappa shape index (κ3) is 4.25. The monoisotopic (exact) mass is 400 g/mol. The first-order chi connectivity index (χ1) is 14.0. The molecule has 0 aromatic heterocycles. The van der Waals surface area contributed by atoms with Crippen LogP contribution in [0.3, 0.4) is 0 Å². The van der Waals surface area contributed by atoms with Crippen molar-refractivity contribution in [2.24, 2.45) is 4.99 Å². The Kier molecular flexibility index (Phi) is 5.23. The smallest absolute Gasteiger partial charge is 0.271 e. The molecular weight excluding hydrogens is 380 g/mol. The minimum absolute atomic E-state index is 0.113. The van der Waals surface area contributed by atoms with Gasteiger partial charge in [-0.05, 0) is 73.6 Å². The highest BCUT2D eigenvalue weighted by atomic mass is 32.2. The number of aliphatic imine (C=N–C) groups is 1. The molecule has 0 unspecified atom stereocenters. The summed E-state index contributed by atoms with van der Waals surface area (Å²) in [5.41, 5.74) is 4.72. The van der Waals surface area contributed by atoms with Gasteiger partial charge in [-0.15, -0.1) is 0 Å². The second-order valence-corrected chi connectivity index (χ2v) is 7.92. The number of phenols is 1. The van der Waals surface area contributed by atoms with E-state index in [0.717, 1.165) is 28.1 Å². The maximum Gasteiger partial charge on any atom is 0.271 e. The summed E-state index contributed by atoms with van der Waals surface area (Å²) >= 11 is 1.35. The summed E-state index contributed by atoms with van der Waals surface area (Å²) in [6, 6.07) is 22.5. The SMILES string of the molecule is Cc1ccc(N=C2S/C(=C\c3ccc(O)cc3)C(=O)N2c2ccc(C)cc2)cc1. The third-order valence-corrected chi connectivity index (χ3v) is 5.52. The fourth-order valence-electron chi connectivity index (χ4n) is 2.92. The van der Waals surface area contributed by atoms with Crippen molar-refractivity contribution in [3.63, 3.8) is 0 Å². The molecule has 0 spiro atoms. The molecule has 0 radical (unpaired) electrons. The number of benzene rings is 3.